The van der Waals surface area contributed by atoms with E-state index in [1.165, 1.54) is 0 Å². The number of rotatable bonds is 6. The van der Waals surface area contributed by atoms with Crippen LogP contribution in [0.5, 0.6) is 0 Å². The Balaban J connectivity index is 1.50. The Bertz CT molecular complexity index is 450. The molecule has 1 aromatic heterocycles. The number of hydrogen-bond acceptors (Lipinski definition) is 4. The minimum absolute atomic E-state index is 0.0367. The molecular weight excluding hydrogens is 258 g/mol. The summed E-state index contributed by atoms with van der Waals surface area (Å²) in [6, 6.07) is 3.78. The molecule has 2 heterocycles. The third kappa shape index (κ3) is 2.74. The van der Waals surface area contributed by atoms with Crippen molar-refractivity contribution in [2.45, 2.75) is 25.2 Å². The average Bonchev–Trinajstić information content (AvgIpc) is 2.89. The summed E-state index contributed by atoms with van der Waals surface area (Å²) in [6.07, 6.45) is 4.09. The molecule has 2 fully saturated rings. The summed E-state index contributed by atoms with van der Waals surface area (Å²) in [7, 11) is 0. The van der Waals surface area contributed by atoms with Crippen molar-refractivity contribution in [3.63, 3.8) is 0 Å². The van der Waals surface area contributed by atoms with Crippen LogP contribution in [0.25, 0.3) is 0 Å². The Morgan fingerprint density at radius 2 is 2.45 bits per heavy atom. The van der Waals surface area contributed by atoms with Crippen LogP contribution in [0, 0.1) is 11.3 Å². The molecule has 110 valence electrons. The van der Waals surface area contributed by atoms with Gasteiger partial charge in [0.25, 0.3) is 0 Å². The Morgan fingerprint density at radius 1 is 1.55 bits per heavy atom. The smallest absolute Gasteiger partial charge is 0.223 e. The van der Waals surface area contributed by atoms with Crippen LogP contribution in [0.3, 0.4) is 0 Å². The first-order chi connectivity index (χ1) is 9.74. The molecule has 5 nitrogen and oxygen atoms in total. The highest BCUT2D eigenvalue weighted by Gasteiger charge is 2.46. The summed E-state index contributed by atoms with van der Waals surface area (Å²) < 4.78 is 10.8. The number of ether oxygens (including phenoxy) is 1. The second-order valence-electron chi connectivity index (χ2n) is 5.96. The fourth-order valence-electron chi connectivity index (χ4n) is 3.02. The quantitative estimate of drug-likeness (QED) is 0.823. The summed E-state index contributed by atoms with van der Waals surface area (Å²) >= 11 is 0. The fraction of sp³-hybridized carbons (Fsp3) is 0.667. The molecule has 1 aliphatic carbocycles. The van der Waals surface area contributed by atoms with Crippen molar-refractivity contribution in [1.29, 1.82) is 0 Å². The Labute approximate surface area is 118 Å². The van der Waals surface area contributed by atoms with Gasteiger partial charge in [-0.15, -0.1) is 0 Å². The van der Waals surface area contributed by atoms with Crippen LogP contribution in [-0.4, -0.2) is 37.4 Å². The third-order valence-electron chi connectivity index (χ3n) is 4.50. The van der Waals surface area contributed by atoms with Gasteiger partial charge in [-0.25, -0.2) is 0 Å². The van der Waals surface area contributed by atoms with Gasteiger partial charge in [-0.2, -0.15) is 0 Å². The summed E-state index contributed by atoms with van der Waals surface area (Å²) in [5, 5.41) is 12.2. The lowest BCUT2D eigenvalue weighted by atomic mass is 9.84. The van der Waals surface area contributed by atoms with E-state index in [1.54, 1.807) is 6.26 Å². The van der Waals surface area contributed by atoms with Gasteiger partial charge < -0.3 is 19.6 Å². The largest absolute Gasteiger partial charge is 0.469 e. The second-order valence-corrected chi connectivity index (χ2v) is 5.96. The van der Waals surface area contributed by atoms with Crippen LogP contribution in [0.4, 0.5) is 0 Å². The first kappa shape index (κ1) is 13.6. The summed E-state index contributed by atoms with van der Waals surface area (Å²) in [4.78, 5) is 12.2. The van der Waals surface area contributed by atoms with Gasteiger partial charge in [0.1, 0.15) is 5.76 Å². The zero-order valence-electron chi connectivity index (χ0n) is 11.5. The molecule has 2 aliphatic rings. The van der Waals surface area contributed by atoms with Crippen LogP contribution in [0.15, 0.2) is 22.8 Å². The molecule has 1 saturated carbocycles. The Hall–Kier alpha value is -1.33. The standard InChI is InChI=1S/C15H21NO4/c17-5-3-15(4-7-19-10-15)9-16-14(18)12-8-11(12)13-2-1-6-20-13/h1-2,6,11-12,17H,3-5,7-10H2,(H,16,18)/t11-,12+,15+/m1/s1. The van der Waals surface area contributed by atoms with Crippen LogP contribution < -0.4 is 5.32 Å². The molecule has 3 rings (SSSR count). The highest BCUT2D eigenvalue weighted by molar-refractivity contribution is 5.82. The van der Waals surface area contributed by atoms with Crippen LogP contribution >= 0.6 is 0 Å². The normalized spacial score (nSPS) is 32.2. The van der Waals surface area contributed by atoms with Crippen molar-refractivity contribution < 1.29 is 19.1 Å². The lowest BCUT2D eigenvalue weighted by Gasteiger charge is -2.26. The SMILES string of the molecule is O=C(NC[C@]1(CCO)CCOC1)[C@H]1C[C@H]1c1ccco1. The lowest BCUT2D eigenvalue weighted by Crippen LogP contribution is -2.39. The van der Waals surface area contributed by atoms with Gasteiger partial charge in [0.05, 0.1) is 12.9 Å². The average molecular weight is 279 g/mol. The predicted octanol–water partition coefficient (Wildman–Crippen LogP) is 1.29. The predicted molar refractivity (Wildman–Crippen MR) is 72.1 cm³/mol. The van der Waals surface area contributed by atoms with Gasteiger partial charge in [0, 0.05) is 37.0 Å². The van der Waals surface area contributed by atoms with Crippen molar-refractivity contribution in [3.05, 3.63) is 24.2 Å². The van der Waals surface area contributed by atoms with E-state index in [1.807, 2.05) is 12.1 Å². The van der Waals surface area contributed by atoms with Crippen molar-refractivity contribution in [2.75, 3.05) is 26.4 Å². The van der Waals surface area contributed by atoms with E-state index in [2.05, 4.69) is 5.32 Å². The molecule has 0 spiro atoms. The van der Waals surface area contributed by atoms with Gasteiger partial charge >= 0.3 is 0 Å². The summed E-state index contributed by atoms with van der Waals surface area (Å²) in [5.74, 6) is 1.27. The first-order valence-electron chi connectivity index (χ1n) is 7.24. The van der Waals surface area contributed by atoms with Crippen LogP contribution in [0.2, 0.25) is 0 Å². The zero-order valence-corrected chi connectivity index (χ0v) is 11.5. The fourth-order valence-corrected chi connectivity index (χ4v) is 3.02. The topological polar surface area (TPSA) is 71.7 Å². The minimum Gasteiger partial charge on any atom is -0.469 e. The third-order valence-corrected chi connectivity index (χ3v) is 4.50. The molecule has 1 aliphatic heterocycles. The molecular formula is C15H21NO4. The van der Waals surface area contributed by atoms with Crippen molar-refractivity contribution in [2.24, 2.45) is 11.3 Å². The van der Waals surface area contributed by atoms with E-state index < -0.39 is 0 Å². The molecule has 0 bridgehead atoms. The maximum atomic E-state index is 12.2. The van der Waals surface area contributed by atoms with Crippen LogP contribution in [0.1, 0.15) is 30.9 Å². The highest BCUT2D eigenvalue weighted by Crippen LogP contribution is 2.47. The van der Waals surface area contributed by atoms with Gasteiger partial charge in [-0.3, -0.25) is 4.79 Å². The number of nitrogens with one attached hydrogen (secondary N) is 1. The molecule has 0 aromatic carbocycles. The Morgan fingerprint density at radius 3 is 3.10 bits per heavy atom. The number of amides is 1. The van der Waals surface area contributed by atoms with Crippen molar-refractivity contribution in [3.8, 4) is 0 Å². The van der Waals surface area contributed by atoms with Crippen molar-refractivity contribution in [1.82, 2.24) is 5.32 Å². The maximum absolute atomic E-state index is 12.2. The van der Waals surface area contributed by atoms with Gasteiger partial charge in [0.15, 0.2) is 0 Å². The molecule has 3 atom stereocenters. The molecule has 0 unspecified atom stereocenters. The van der Waals surface area contributed by atoms with E-state index in [0.29, 0.717) is 26.2 Å². The molecule has 20 heavy (non-hydrogen) atoms. The van der Waals surface area contributed by atoms with E-state index in [4.69, 9.17) is 14.3 Å². The number of hydrogen-bond donors (Lipinski definition) is 2. The first-order valence-corrected chi connectivity index (χ1v) is 7.24. The van der Waals surface area contributed by atoms with Gasteiger partial charge in [-0.05, 0) is 31.4 Å². The van der Waals surface area contributed by atoms with Crippen LogP contribution in [-0.2, 0) is 9.53 Å². The number of carbonyl (C=O) groups excluding carboxylic acids is 1. The molecule has 1 saturated heterocycles. The molecule has 2 N–H and O–H groups in total. The van der Waals surface area contributed by atoms with E-state index in [-0.39, 0.29) is 29.8 Å². The maximum Gasteiger partial charge on any atom is 0.223 e. The lowest BCUT2D eigenvalue weighted by molar-refractivity contribution is -0.123. The molecule has 1 aromatic rings. The summed E-state index contributed by atoms with van der Waals surface area (Å²) in [5.41, 5.74) is -0.0839. The number of aliphatic hydroxyl groups excluding tert-OH is 1. The summed E-state index contributed by atoms with van der Waals surface area (Å²) in [6.45, 7) is 2.07. The van der Waals surface area contributed by atoms with Gasteiger partial charge in [0.2, 0.25) is 5.91 Å². The monoisotopic (exact) mass is 279 g/mol. The zero-order chi connectivity index (χ0) is 14.0. The van der Waals surface area contributed by atoms with Crippen molar-refractivity contribution >= 4 is 5.91 Å². The minimum atomic E-state index is -0.0839. The highest BCUT2D eigenvalue weighted by atomic mass is 16.5. The van der Waals surface area contributed by atoms with E-state index >= 15 is 0 Å². The molecule has 5 heteroatoms. The van der Waals surface area contributed by atoms with E-state index in [9.17, 15) is 4.79 Å². The molecule has 0 radical (unpaired) electrons. The number of carbonyl (C=O) groups is 1. The van der Waals surface area contributed by atoms with E-state index in [0.717, 1.165) is 18.6 Å². The second kappa shape index (κ2) is 5.58. The van der Waals surface area contributed by atoms with Gasteiger partial charge in [-0.1, -0.05) is 0 Å². The number of furan rings is 1. The molecule has 1 amide bonds. The number of aliphatic hydroxyl groups is 1. The Kier molecular flexibility index (Phi) is 3.81.